The third-order valence-electron chi connectivity index (χ3n) is 3.44. The first-order chi connectivity index (χ1) is 8.83. The summed E-state index contributed by atoms with van der Waals surface area (Å²) in [6.45, 7) is 1.05. The van der Waals surface area contributed by atoms with Gasteiger partial charge in [-0.25, -0.2) is 0 Å². The van der Waals surface area contributed by atoms with Gasteiger partial charge in [0.2, 0.25) is 0 Å². The molecule has 3 rings (SSSR count). The fourth-order valence-electron chi connectivity index (χ4n) is 2.11. The largest absolute Gasteiger partial charge is 0.397 e. The Morgan fingerprint density at radius 1 is 1.00 bits per heavy atom. The predicted molar refractivity (Wildman–Crippen MR) is 77.5 cm³/mol. The molecule has 2 nitrogen and oxygen atoms in total. The van der Waals surface area contributed by atoms with E-state index in [0.29, 0.717) is 0 Å². The molecule has 18 heavy (non-hydrogen) atoms. The van der Waals surface area contributed by atoms with Gasteiger partial charge in [-0.1, -0.05) is 36.4 Å². The van der Waals surface area contributed by atoms with Crippen LogP contribution in [0.25, 0.3) is 11.1 Å². The van der Waals surface area contributed by atoms with E-state index in [1.54, 1.807) is 0 Å². The van der Waals surface area contributed by atoms with Crippen molar-refractivity contribution in [3.8, 4) is 11.1 Å². The molecule has 0 saturated heterocycles. The van der Waals surface area contributed by atoms with E-state index in [2.05, 4.69) is 29.6 Å². The molecule has 3 N–H and O–H groups in total. The van der Waals surface area contributed by atoms with Crippen molar-refractivity contribution >= 4 is 11.4 Å². The lowest BCUT2D eigenvalue weighted by Crippen LogP contribution is -2.05. The van der Waals surface area contributed by atoms with Gasteiger partial charge in [-0.15, -0.1) is 0 Å². The van der Waals surface area contributed by atoms with Gasteiger partial charge in [-0.05, 0) is 42.0 Å². The van der Waals surface area contributed by atoms with Gasteiger partial charge in [0.15, 0.2) is 0 Å². The molecule has 0 aromatic heterocycles. The van der Waals surface area contributed by atoms with E-state index >= 15 is 0 Å². The Morgan fingerprint density at radius 2 is 1.78 bits per heavy atom. The molecule has 1 aliphatic carbocycles. The van der Waals surface area contributed by atoms with Gasteiger partial charge in [0.25, 0.3) is 0 Å². The highest BCUT2D eigenvalue weighted by Crippen LogP contribution is 2.31. The summed E-state index contributed by atoms with van der Waals surface area (Å²) in [6.07, 6.45) is 2.71. The first-order valence-electron chi connectivity index (χ1n) is 6.52. The summed E-state index contributed by atoms with van der Waals surface area (Å²) in [6, 6.07) is 16.6. The lowest BCUT2D eigenvalue weighted by atomic mass is 10.0. The van der Waals surface area contributed by atoms with E-state index in [4.69, 9.17) is 5.73 Å². The summed E-state index contributed by atoms with van der Waals surface area (Å²) in [5.74, 6) is 0.859. The van der Waals surface area contributed by atoms with Crippen molar-refractivity contribution < 1.29 is 0 Å². The van der Waals surface area contributed by atoms with Gasteiger partial charge in [0.1, 0.15) is 0 Å². The molecule has 0 unspecified atom stereocenters. The van der Waals surface area contributed by atoms with Crippen molar-refractivity contribution in [1.29, 1.82) is 0 Å². The number of nitrogen functional groups attached to an aromatic ring is 1. The van der Waals surface area contributed by atoms with Gasteiger partial charge < -0.3 is 11.1 Å². The minimum atomic E-state index is 0.831. The zero-order chi connectivity index (χ0) is 12.4. The first-order valence-corrected chi connectivity index (χ1v) is 6.52. The summed E-state index contributed by atoms with van der Waals surface area (Å²) >= 11 is 0. The lowest BCUT2D eigenvalue weighted by molar-refractivity contribution is 0.890. The zero-order valence-corrected chi connectivity index (χ0v) is 10.4. The zero-order valence-electron chi connectivity index (χ0n) is 10.4. The maximum atomic E-state index is 6.10. The van der Waals surface area contributed by atoms with Crippen molar-refractivity contribution in [2.24, 2.45) is 5.92 Å². The molecule has 1 aliphatic rings. The molecule has 0 bridgehead atoms. The Labute approximate surface area is 108 Å². The Morgan fingerprint density at radius 3 is 2.44 bits per heavy atom. The van der Waals surface area contributed by atoms with E-state index in [1.165, 1.54) is 24.0 Å². The average Bonchev–Trinajstić information content (AvgIpc) is 3.22. The minimum Gasteiger partial charge on any atom is -0.397 e. The van der Waals surface area contributed by atoms with Crippen molar-refractivity contribution in [1.82, 2.24) is 0 Å². The Hall–Kier alpha value is -1.96. The van der Waals surface area contributed by atoms with Crippen LogP contribution in [-0.4, -0.2) is 6.54 Å². The number of benzene rings is 2. The van der Waals surface area contributed by atoms with Gasteiger partial charge in [-0.2, -0.15) is 0 Å². The molecule has 2 aromatic rings. The molecule has 0 atom stereocenters. The van der Waals surface area contributed by atoms with Crippen LogP contribution in [0.4, 0.5) is 11.4 Å². The number of hydrogen-bond acceptors (Lipinski definition) is 2. The molecule has 0 amide bonds. The van der Waals surface area contributed by atoms with Crippen LogP contribution in [0.1, 0.15) is 12.8 Å². The Kier molecular flexibility index (Phi) is 2.93. The first kappa shape index (κ1) is 11.1. The van der Waals surface area contributed by atoms with Crippen molar-refractivity contribution in [2.45, 2.75) is 12.8 Å². The monoisotopic (exact) mass is 238 g/mol. The number of hydrogen-bond donors (Lipinski definition) is 2. The second kappa shape index (κ2) is 4.73. The summed E-state index contributed by atoms with van der Waals surface area (Å²) in [4.78, 5) is 0. The molecule has 1 saturated carbocycles. The third-order valence-corrected chi connectivity index (χ3v) is 3.44. The number of nitrogens with one attached hydrogen (secondary N) is 1. The second-order valence-corrected chi connectivity index (χ2v) is 4.99. The van der Waals surface area contributed by atoms with E-state index in [-0.39, 0.29) is 0 Å². The van der Waals surface area contributed by atoms with Crippen LogP contribution in [0.2, 0.25) is 0 Å². The molecule has 0 aliphatic heterocycles. The molecular weight excluding hydrogens is 220 g/mol. The van der Waals surface area contributed by atoms with Crippen LogP contribution in [0, 0.1) is 5.92 Å². The Balaban J connectivity index is 1.79. The van der Waals surface area contributed by atoms with Crippen molar-refractivity contribution in [3.63, 3.8) is 0 Å². The molecule has 1 fully saturated rings. The fraction of sp³-hybridized carbons (Fsp3) is 0.250. The summed E-state index contributed by atoms with van der Waals surface area (Å²) in [5.41, 5.74) is 10.4. The van der Waals surface area contributed by atoms with Crippen LogP contribution in [0.5, 0.6) is 0 Å². The van der Waals surface area contributed by atoms with Crippen LogP contribution >= 0.6 is 0 Å². The molecule has 0 spiro atoms. The number of nitrogens with two attached hydrogens (primary N) is 1. The highest BCUT2D eigenvalue weighted by molar-refractivity contribution is 5.75. The molecule has 0 radical (unpaired) electrons. The highest BCUT2D eigenvalue weighted by Gasteiger charge is 2.20. The smallest absolute Gasteiger partial charge is 0.0574 e. The molecule has 92 valence electrons. The predicted octanol–water partition coefficient (Wildman–Crippen LogP) is 3.76. The molecule has 0 heterocycles. The maximum absolute atomic E-state index is 6.10. The van der Waals surface area contributed by atoms with E-state index in [9.17, 15) is 0 Å². The standard InChI is InChI=1S/C16H18N2/c17-15-10-14(13-4-2-1-3-5-13)8-9-16(15)18-11-12-6-7-12/h1-5,8-10,12,18H,6-7,11,17H2. The normalized spacial score (nSPS) is 14.4. The second-order valence-electron chi connectivity index (χ2n) is 4.99. The quantitative estimate of drug-likeness (QED) is 0.796. The van der Waals surface area contributed by atoms with Gasteiger partial charge in [0, 0.05) is 6.54 Å². The molecular formula is C16H18N2. The maximum Gasteiger partial charge on any atom is 0.0574 e. The van der Waals surface area contributed by atoms with Crippen LogP contribution in [0.15, 0.2) is 48.5 Å². The fourth-order valence-corrected chi connectivity index (χ4v) is 2.11. The third kappa shape index (κ3) is 2.48. The van der Waals surface area contributed by atoms with Crippen molar-refractivity contribution in [3.05, 3.63) is 48.5 Å². The number of anilines is 2. The van der Waals surface area contributed by atoms with Crippen LogP contribution < -0.4 is 11.1 Å². The SMILES string of the molecule is Nc1cc(-c2ccccc2)ccc1NCC1CC1. The molecule has 2 aromatic carbocycles. The van der Waals surface area contributed by atoms with Gasteiger partial charge in [0.05, 0.1) is 11.4 Å². The summed E-state index contributed by atoms with van der Waals surface area (Å²) in [5, 5.41) is 3.43. The topological polar surface area (TPSA) is 38.0 Å². The summed E-state index contributed by atoms with van der Waals surface area (Å²) in [7, 11) is 0. The molecule has 2 heteroatoms. The highest BCUT2D eigenvalue weighted by atomic mass is 14.9. The summed E-state index contributed by atoms with van der Waals surface area (Å²) < 4.78 is 0. The van der Waals surface area contributed by atoms with E-state index in [1.807, 2.05) is 24.3 Å². The minimum absolute atomic E-state index is 0.831. The van der Waals surface area contributed by atoms with E-state index in [0.717, 1.165) is 23.8 Å². The average molecular weight is 238 g/mol. The van der Waals surface area contributed by atoms with Crippen LogP contribution in [0.3, 0.4) is 0 Å². The number of rotatable bonds is 4. The van der Waals surface area contributed by atoms with E-state index < -0.39 is 0 Å². The Bertz CT molecular complexity index is 530. The van der Waals surface area contributed by atoms with Crippen LogP contribution in [-0.2, 0) is 0 Å². The van der Waals surface area contributed by atoms with Crippen molar-refractivity contribution in [2.75, 3.05) is 17.6 Å². The van der Waals surface area contributed by atoms with Gasteiger partial charge >= 0.3 is 0 Å². The lowest BCUT2D eigenvalue weighted by Gasteiger charge is -2.10. The van der Waals surface area contributed by atoms with Gasteiger partial charge in [-0.3, -0.25) is 0 Å².